The SMILES string of the molecule is CC1CCN(S(=O)(=O)c2cc(C#N)ccc2Sc2cc(Cl)cc(Cl)c2)CC1. The first-order chi connectivity index (χ1) is 12.8. The summed E-state index contributed by atoms with van der Waals surface area (Å²) in [5.41, 5.74) is 0.312. The van der Waals surface area contributed by atoms with E-state index in [0.717, 1.165) is 17.7 Å². The van der Waals surface area contributed by atoms with Crippen molar-refractivity contribution in [3.05, 3.63) is 52.0 Å². The largest absolute Gasteiger partial charge is 0.244 e. The van der Waals surface area contributed by atoms with E-state index in [4.69, 9.17) is 23.2 Å². The van der Waals surface area contributed by atoms with Crippen LogP contribution < -0.4 is 0 Å². The predicted octanol–water partition coefficient (Wildman–Crippen LogP) is 5.44. The molecule has 0 N–H and O–H groups in total. The van der Waals surface area contributed by atoms with Crippen molar-refractivity contribution in [1.29, 1.82) is 5.26 Å². The van der Waals surface area contributed by atoms with E-state index in [9.17, 15) is 13.7 Å². The summed E-state index contributed by atoms with van der Waals surface area (Å²) >= 11 is 13.4. The van der Waals surface area contributed by atoms with E-state index < -0.39 is 10.0 Å². The third-order valence-electron chi connectivity index (χ3n) is 4.50. The van der Waals surface area contributed by atoms with Crippen LogP contribution in [0.5, 0.6) is 0 Å². The summed E-state index contributed by atoms with van der Waals surface area (Å²) < 4.78 is 28.0. The lowest BCUT2D eigenvalue weighted by molar-refractivity contribution is 0.287. The second-order valence-electron chi connectivity index (χ2n) is 6.57. The van der Waals surface area contributed by atoms with Gasteiger partial charge >= 0.3 is 0 Å². The Hall–Kier alpha value is -1.23. The lowest BCUT2D eigenvalue weighted by atomic mass is 10.0. The fourth-order valence-corrected chi connectivity index (χ4v) is 6.53. The van der Waals surface area contributed by atoms with Gasteiger partial charge in [0.25, 0.3) is 0 Å². The van der Waals surface area contributed by atoms with Crippen molar-refractivity contribution in [3.63, 3.8) is 0 Å². The lowest BCUT2D eigenvalue weighted by Crippen LogP contribution is -2.38. The molecule has 2 aromatic rings. The van der Waals surface area contributed by atoms with Crippen molar-refractivity contribution in [1.82, 2.24) is 4.31 Å². The van der Waals surface area contributed by atoms with E-state index in [2.05, 4.69) is 6.92 Å². The minimum absolute atomic E-state index is 0.150. The smallest absolute Gasteiger partial charge is 0.207 e. The van der Waals surface area contributed by atoms with Gasteiger partial charge in [-0.15, -0.1) is 0 Å². The molecule has 8 heteroatoms. The Balaban J connectivity index is 2.02. The highest BCUT2D eigenvalue weighted by atomic mass is 35.5. The Morgan fingerprint density at radius 3 is 2.33 bits per heavy atom. The Morgan fingerprint density at radius 2 is 1.74 bits per heavy atom. The highest BCUT2D eigenvalue weighted by molar-refractivity contribution is 8.00. The fourth-order valence-electron chi connectivity index (χ4n) is 2.94. The molecule has 1 fully saturated rings. The van der Waals surface area contributed by atoms with Crippen molar-refractivity contribution in [3.8, 4) is 6.07 Å². The lowest BCUT2D eigenvalue weighted by Gasteiger charge is -2.30. The van der Waals surface area contributed by atoms with Gasteiger partial charge in [0.2, 0.25) is 10.0 Å². The number of halogens is 2. The molecule has 1 heterocycles. The van der Waals surface area contributed by atoms with Crippen molar-refractivity contribution < 1.29 is 8.42 Å². The third-order valence-corrected chi connectivity index (χ3v) is 8.05. The van der Waals surface area contributed by atoms with Gasteiger partial charge in [-0.3, -0.25) is 0 Å². The van der Waals surface area contributed by atoms with Crippen LogP contribution in [0.1, 0.15) is 25.3 Å². The standard InChI is InChI=1S/C19H18Cl2N2O2S2/c1-13-4-6-23(7-5-13)27(24,25)19-8-14(12-22)2-3-18(19)26-17-10-15(20)9-16(21)11-17/h2-3,8-11,13H,4-7H2,1H3. The van der Waals surface area contributed by atoms with Crippen LogP contribution in [0, 0.1) is 17.2 Å². The maximum Gasteiger partial charge on any atom is 0.244 e. The molecule has 0 unspecified atom stereocenters. The zero-order valence-electron chi connectivity index (χ0n) is 14.7. The number of nitriles is 1. The number of piperidine rings is 1. The summed E-state index contributed by atoms with van der Waals surface area (Å²) in [6, 6.07) is 11.8. The molecule has 1 aliphatic rings. The number of hydrogen-bond acceptors (Lipinski definition) is 4. The van der Waals surface area contributed by atoms with Crippen LogP contribution in [-0.4, -0.2) is 25.8 Å². The van der Waals surface area contributed by atoms with E-state index in [-0.39, 0.29) is 4.90 Å². The molecule has 0 spiro atoms. The average molecular weight is 441 g/mol. The quantitative estimate of drug-likeness (QED) is 0.634. The molecule has 3 rings (SSSR count). The molecule has 0 radical (unpaired) electrons. The van der Waals surface area contributed by atoms with E-state index in [1.807, 2.05) is 6.07 Å². The summed E-state index contributed by atoms with van der Waals surface area (Å²) in [5.74, 6) is 0.518. The van der Waals surface area contributed by atoms with Crippen molar-refractivity contribution in [2.75, 3.05) is 13.1 Å². The molecule has 4 nitrogen and oxygen atoms in total. The van der Waals surface area contributed by atoms with Gasteiger partial charge in [-0.25, -0.2) is 8.42 Å². The fraction of sp³-hybridized carbons (Fsp3) is 0.316. The molecule has 0 amide bonds. The Kier molecular flexibility index (Phi) is 6.39. The first kappa shape index (κ1) is 20.5. The van der Waals surface area contributed by atoms with Gasteiger partial charge in [0.05, 0.1) is 16.5 Å². The molecule has 142 valence electrons. The number of rotatable bonds is 4. The van der Waals surface area contributed by atoms with Crippen LogP contribution in [0.2, 0.25) is 10.0 Å². The van der Waals surface area contributed by atoms with Crippen LogP contribution >= 0.6 is 35.0 Å². The van der Waals surface area contributed by atoms with Crippen LogP contribution in [0.3, 0.4) is 0 Å². The Morgan fingerprint density at radius 1 is 1.11 bits per heavy atom. The van der Waals surface area contributed by atoms with Gasteiger partial charge in [-0.05, 0) is 55.2 Å². The van der Waals surface area contributed by atoms with Crippen molar-refractivity contribution >= 4 is 45.0 Å². The second kappa shape index (κ2) is 8.42. The third kappa shape index (κ3) is 4.79. The van der Waals surface area contributed by atoms with Gasteiger partial charge in [0, 0.05) is 32.9 Å². The first-order valence-electron chi connectivity index (χ1n) is 8.48. The van der Waals surface area contributed by atoms with Gasteiger partial charge in [-0.1, -0.05) is 41.9 Å². The van der Waals surface area contributed by atoms with Gasteiger partial charge in [0.15, 0.2) is 0 Å². The van der Waals surface area contributed by atoms with Crippen LogP contribution in [0.4, 0.5) is 0 Å². The van der Waals surface area contributed by atoms with E-state index >= 15 is 0 Å². The Bertz CT molecular complexity index is 975. The highest BCUT2D eigenvalue weighted by Gasteiger charge is 2.30. The number of sulfonamides is 1. The zero-order valence-corrected chi connectivity index (χ0v) is 17.8. The van der Waals surface area contributed by atoms with Crippen LogP contribution in [0.15, 0.2) is 51.1 Å². The average Bonchev–Trinajstić information content (AvgIpc) is 2.61. The van der Waals surface area contributed by atoms with Crippen LogP contribution in [-0.2, 0) is 10.0 Å². The summed E-state index contributed by atoms with van der Waals surface area (Å²) in [4.78, 5) is 1.43. The number of nitrogens with zero attached hydrogens (tertiary/aromatic N) is 2. The molecule has 2 aromatic carbocycles. The molecule has 0 aliphatic carbocycles. The summed E-state index contributed by atoms with van der Waals surface area (Å²) in [5, 5.41) is 10.2. The molecular formula is C19H18Cl2N2O2S2. The van der Waals surface area contributed by atoms with Gasteiger partial charge in [0.1, 0.15) is 0 Å². The molecule has 0 saturated carbocycles. The molecule has 0 bridgehead atoms. The monoisotopic (exact) mass is 440 g/mol. The van der Waals surface area contributed by atoms with Crippen molar-refractivity contribution in [2.24, 2.45) is 5.92 Å². The molecule has 0 atom stereocenters. The first-order valence-corrected chi connectivity index (χ1v) is 11.5. The van der Waals surface area contributed by atoms with E-state index in [0.29, 0.717) is 39.5 Å². The van der Waals surface area contributed by atoms with Crippen LogP contribution in [0.25, 0.3) is 0 Å². The topological polar surface area (TPSA) is 61.2 Å². The molecular weight excluding hydrogens is 423 g/mol. The molecule has 1 saturated heterocycles. The van der Waals surface area contributed by atoms with E-state index in [1.54, 1.807) is 30.3 Å². The number of hydrogen-bond donors (Lipinski definition) is 0. The molecule has 0 aromatic heterocycles. The second-order valence-corrected chi connectivity index (χ2v) is 10.5. The minimum Gasteiger partial charge on any atom is -0.207 e. The molecule has 1 aliphatic heterocycles. The Labute approximate surface area is 174 Å². The summed E-state index contributed by atoms with van der Waals surface area (Å²) in [6.45, 7) is 3.12. The van der Waals surface area contributed by atoms with Gasteiger partial charge in [-0.2, -0.15) is 9.57 Å². The normalized spacial score (nSPS) is 16.2. The number of benzene rings is 2. The predicted molar refractivity (Wildman–Crippen MR) is 109 cm³/mol. The van der Waals surface area contributed by atoms with E-state index in [1.165, 1.54) is 22.1 Å². The maximum atomic E-state index is 13.3. The molecule has 27 heavy (non-hydrogen) atoms. The van der Waals surface area contributed by atoms with Crippen molar-refractivity contribution in [2.45, 2.75) is 34.5 Å². The zero-order chi connectivity index (χ0) is 19.6. The highest BCUT2D eigenvalue weighted by Crippen LogP contribution is 2.37. The summed E-state index contributed by atoms with van der Waals surface area (Å²) in [7, 11) is -3.69. The minimum atomic E-state index is -3.69. The summed E-state index contributed by atoms with van der Waals surface area (Å²) in [6.07, 6.45) is 1.67. The maximum absolute atomic E-state index is 13.3. The van der Waals surface area contributed by atoms with Gasteiger partial charge < -0.3 is 0 Å².